The van der Waals surface area contributed by atoms with Gasteiger partial charge in [-0.15, -0.1) is 0 Å². The van der Waals surface area contributed by atoms with Gasteiger partial charge in [-0.2, -0.15) is 5.26 Å². The molecule has 1 aromatic heterocycles. The Morgan fingerprint density at radius 3 is 2.88 bits per heavy atom. The summed E-state index contributed by atoms with van der Waals surface area (Å²) in [6.07, 6.45) is 1.31. The second kappa shape index (κ2) is 6.77. The zero-order valence-corrected chi connectivity index (χ0v) is 9.27. The monoisotopic (exact) mass is 220 g/mol. The maximum Gasteiger partial charge on any atom is 0.140 e. The Labute approximate surface area is 95.1 Å². The molecule has 1 unspecified atom stereocenters. The third kappa shape index (κ3) is 4.73. The first-order valence-electron chi connectivity index (χ1n) is 5.21. The molecule has 0 aromatic carbocycles. The summed E-state index contributed by atoms with van der Waals surface area (Å²) in [6, 6.07) is 5.46. The fourth-order valence-corrected chi connectivity index (χ4v) is 1.17. The van der Waals surface area contributed by atoms with Crippen LogP contribution in [0.4, 0.5) is 5.69 Å². The van der Waals surface area contributed by atoms with E-state index >= 15 is 0 Å². The van der Waals surface area contributed by atoms with Gasteiger partial charge >= 0.3 is 0 Å². The number of rotatable bonds is 6. The summed E-state index contributed by atoms with van der Waals surface area (Å²) in [5, 5.41) is 23.8. The lowest BCUT2D eigenvalue weighted by Gasteiger charge is -2.08. The molecule has 3 N–H and O–H groups in total. The van der Waals surface area contributed by atoms with Crippen LogP contribution in [0.15, 0.2) is 18.3 Å². The van der Waals surface area contributed by atoms with Gasteiger partial charge in [-0.25, -0.2) is 4.98 Å². The average Bonchev–Trinajstić information content (AvgIpc) is 2.29. The van der Waals surface area contributed by atoms with Crippen molar-refractivity contribution in [2.45, 2.75) is 13.0 Å². The van der Waals surface area contributed by atoms with Gasteiger partial charge < -0.3 is 15.7 Å². The molecule has 16 heavy (non-hydrogen) atoms. The van der Waals surface area contributed by atoms with Crippen LogP contribution < -0.4 is 10.6 Å². The number of anilines is 1. The zero-order valence-electron chi connectivity index (χ0n) is 9.27. The van der Waals surface area contributed by atoms with Gasteiger partial charge in [0.15, 0.2) is 0 Å². The molecular weight excluding hydrogens is 204 g/mol. The molecule has 0 aliphatic rings. The van der Waals surface area contributed by atoms with Crippen molar-refractivity contribution < 1.29 is 5.11 Å². The molecule has 1 rings (SSSR count). The third-order valence-corrected chi connectivity index (χ3v) is 1.95. The molecule has 0 amide bonds. The smallest absolute Gasteiger partial charge is 0.140 e. The minimum absolute atomic E-state index is 0.323. The van der Waals surface area contributed by atoms with Gasteiger partial charge in [-0.1, -0.05) is 0 Å². The number of nitrogens with one attached hydrogen (secondary N) is 2. The highest BCUT2D eigenvalue weighted by molar-refractivity contribution is 5.42. The van der Waals surface area contributed by atoms with E-state index in [9.17, 15) is 0 Å². The number of nitrogens with zero attached hydrogens (tertiary/aromatic N) is 2. The quantitative estimate of drug-likeness (QED) is 0.602. The predicted octanol–water partition coefficient (Wildman–Crippen LogP) is 0.336. The predicted molar refractivity (Wildman–Crippen MR) is 62.0 cm³/mol. The first-order chi connectivity index (χ1) is 7.72. The van der Waals surface area contributed by atoms with Crippen molar-refractivity contribution in [3.8, 4) is 6.07 Å². The van der Waals surface area contributed by atoms with Crippen molar-refractivity contribution in [3.05, 3.63) is 24.0 Å². The number of hydrogen-bond acceptors (Lipinski definition) is 5. The Hall–Kier alpha value is -1.64. The van der Waals surface area contributed by atoms with Crippen LogP contribution in [0.3, 0.4) is 0 Å². The van der Waals surface area contributed by atoms with Gasteiger partial charge in [-0.05, 0) is 19.1 Å². The number of hydrogen-bond donors (Lipinski definition) is 3. The summed E-state index contributed by atoms with van der Waals surface area (Å²) in [7, 11) is 0. The van der Waals surface area contributed by atoms with E-state index in [0.717, 1.165) is 18.8 Å². The largest absolute Gasteiger partial charge is 0.392 e. The van der Waals surface area contributed by atoms with E-state index in [1.54, 1.807) is 19.2 Å². The molecule has 0 aliphatic heterocycles. The van der Waals surface area contributed by atoms with Crippen LogP contribution in [-0.4, -0.2) is 35.8 Å². The van der Waals surface area contributed by atoms with Crippen LogP contribution in [-0.2, 0) is 0 Å². The first kappa shape index (κ1) is 12.4. The van der Waals surface area contributed by atoms with Crippen LogP contribution in [0, 0.1) is 11.3 Å². The van der Waals surface area contributed by atoms with Crippen LogP contribution in [0.2, 0.25) is 0 Å². The molecule has 5 nitrogen and oxygen atoms in total. The van der Waals surface area contributed by atoms with Crippen LogP contribution in [0.5, 0.6) is 0 Å². The Bertz CT molecular complexity index is 342. The van der Waals surface area contributed by atoms with E-state index in [2.05, 4.69) is 15.6 Å². The zero-order chi connectivity index (χ0) is 11.8. The molecule has 1 heterocycles. The number of aromatic nitrogens is 1. The molecule has 1 aromatic rings. The Kier molecular flexibility index (Phi) is 5.26. The van der Waals surface area contributed by atoms with E-state index < -0.39 is 0 Å². The Balaban J connectivity index is 2.20. The molecule has 86 valence electrons. The summed E-state index contributed by atoms with van der Waals surface area (Å²) in [5.74, 6) is 0. The minimum Gasteiger partial charge on any atom is -0.392 e. The first-order valence-corrected chi connectivity index (χ1v) is 5.21. The molecule has 0 spiro atoms. The van der Waals surface area contributed by atoms with Crippen molar-refractivity contribution >= 4 is 5.69 Å². The average molecular weight is 220 g/mol. The molecule has 1 atom stereocenters. The molecule has 0 radical (unpaired) electrons. The van der Waals surface area contributed by atoms with Gasteiger partial charge in [0.05, 0.1) is 18.0 Å². The summed E-state index contributed by atoms with van der Waals surface area (Å²) in [6.45, 7) is 3.85. The summed E-state index contributed by atoms with van der Waals surface area (Å²) < 4.78 is 0. The highest BCUT2D eigenvalue weighted by Crippen LogP contribution is 2.04. The van der Waals surface area contributed by atoms with Crippen molar-refractivity contribution in [3.63, 3.8) is 0 Å². The van der Waals surface area contributed by atoms with Gasteiger partial charge in [0.2, 0.25) is 0 Å². The van der Waals surface area contributed by atoms with Gasteiger partial charge in [0.1, 0.15) is 11.8 Å². The van der Waals surface area contributed by atoms with Crippen molar-refractivity contribution in [2.75, 3.05) is 25.0 Å². The molecule has 5 heteroatoms. The lowest BCUT2D eigenvalue weighted by Crippen LogP contribution is -2.28. The molecule has 0 saturated carbocycles. The summed E-state index contributed by atoms with van der Waals surface area (Å²) in [5.41, 5.74) is 1.30. The fourth-order valence-electron chi connectivity index (χ4n) is 1.17. The standard InChI is InChI=1S/C11H16N4O/c1-9(16)7-13-4-5-14-11-3-2-10(6-12)15-8-11/h2-3,8-9,13-14,16H,4-5,7H2,1H3. The Morgan fingerprint density at radius 2 is 2.31 bits per heavy atom. The van der Waals surface area contributed by atoms with E-state index in [-0.39, 0.29) is 6.10 Å². The maximum absolute atomic E-state index is 9.00. The molecular formula is C11H16N4O. The van der Waals surface area contributed by atoms with E-state index in [1.165, 1.54) is 0 Å². The van der Waals surface area contributed by atoms with Crippen molar-refractivity contribution in [1.29, 1.82) is 5.26 Å². The van der Waals surface area contributed by atoms with E-state index in [1.807, 2.05) is 12.1 Å². The normalized spacial score (nSPS) is 11.8. The molecule has 0 aliphatic carbocycles. The number of nitriles is 1. The third-order valence-electron chi connectivity index (χ3n) is 1.95. The molecule has 0 saturated heterocycles. The van der Waals surface area contributed by atoms with Crippen molar-refractivity contribution in [2.24, 2.45) is 0 Å². The SMILES string of the molecule is CC(O)CNCCNc1ccc(C#N)nc1. The lowest BCUT2D eigenvalue weighted by atomic mass is 10.3. The van der Waals surface area contributed by atoms with E-state index in [0.29, 0.717) is 12.2 Å². The van der Waals surface area contributed by atoms with Crippen LogP contribution in [0.1, 0.15) is 12.6 Å². The maximum atomic E-state index is 9.00. The Morgan fingerprint density at radius 1 is 1.50 bits per heavy atom. The number of aliphatic hydroxyl groups is 1. The number of pyridine rings is 1. The molecule has 0 fully saturated rings. The number of aliphatic hydroxyl groups excluding tert-OH is 1. The van der Waals surface area contributed by atoms with Gasteiger partial charge in [0.25, 0.3) is 0 Å². The summed E-state index contributed by atoms with van der Waals surface area (Å²) in [4.78, 5) is 3.94. The minimum atomic E-state index is -0.323. The second-order valence-corrected chi connectivity index (χ2v) is 3.52. The second-order valence-electron chi connectivity index (χ2n) is 3.52. The fraction of sp³-hybridized carbons (Fsp3) is 0.455. The van der Waals surface area contributed by atoms with E-state index in [4.69, 9.17) is 10.4 Å². The van der Waals surface area contributed by atoms with Crippen LogP contribution >= 0.6 is 0 Å². The highest BCUT2D eigenvalue weighted by Gasteiger charge is 1.95. The lowest BCUT2D eigenvalue weighted by molar-refractivity contribution is 0.192. The summed E-state index contributed by atoms with van der Waals surface area (Å²) >= 11 is 0. The van der Waals surface area contributed by atoms with Crippen molar-refractivity contribution in [1.82, 2.24) is 10.3 Å². The van der Waals surface area contributed by atoms with Gasteiger partial charge in [-0.3, -0.25) is 0 Å². The highest BCUT2D eigenvalue weighted by atomic mass is 16.3. The molecule has 0 bridgehead atoms. The van der Waals surface area contributed by atoms with Crippen LogP contribution in [0.25, 0.3) is 0 Å². The topological polar surface area (TPSA) is 81.0 Å². The van der Waals surface area contributed by atoms with Gasteiger partial charge in [0, 0.05) is 19.6 Å².